The summed E-state index contributed by atoms with van der Waals surface area (Å²) in [7, 11) is 0. The molecule has 0 aliphatic rings. The zero-order valence-electron chi connectivity index (χ0n) is 12.3. The third-order valence-electron chi connectivity index (χ3n) is 3.25. The van der Waals surface area contributed by atoms with Crippen LogP contribution in [0.1, 0.15) is 18.9 Å². The highest BCUT2D eigenvalue weighted by Gasteiger charge is 2.23. The van der Waals surface area contributed by atoms with Crippen molar-refractivity contribution in [2.45, 2.75) is 25.8 Å². The molecule has 0 unspecified atom stereocenters. The van der Waals surface area contributed by atoms with Crippen LogP contribution in [-0.4, -0.2) is 41.3 Å². The number of Topliss-reactive ketones (excluding diaryl/α,β-unsaturated/α-hetero) is 1. The number of rotatable bonds is 9. The Morgan fingerprint density at radius 2 is 2.09 bits per heavy atom. The molecule has 0 saturated carbocycles. The molecule has 1 aromatic carbocycles. The van der Waals surface area contributed by atoms with Crippen LogP contribution < -0.4 is 10.5 Å². The molecule has 0 aromatic heterocycles. The number of hydrogen-bond donors (Lipinski definition) is 3. The van der Waals surface area contributed by atoms with E-state index in [1.54, 1.807) is 6.07 Å². The number of aliphatic carboxylic acids is 1. The van der Waals surface area contributed by atoms with Gasteiger partial charge in [-0.15, -0.1) is 0 Å². The van der Waals surface area contributed by atoms with Crippen LogP contribution in [0.4, 0.5) is 4.39 Å². The maximum absolute atomic E-state index is 12.0. The Hall–Kier alpha value is -2.15. The molecule has 0 amide bonds. The van der Waals surface area contributed by atoms with Crippen LogP contribution in [0, 0.1) is 5.92 Å². The van der Waals surface area contributed by atoms with Crippen molar-refractivity contribution >= 4 is 11.8 Å². The summed E-state index contributed by atoms with van der Waals surface area (Å²) in [6.45, 7) is 0.468. The minimum Gasteiger partial charge on any atom is -0.504 e. The van der Waals surface area contributed by atoms with Gasteiger partial charge in [0.1, 0.15) is 19.1 Å². The first-order valence-electron chi connectivity index (χ1n) is 6.84. The molecule has 0 aliphatic heterocycles. The molecule has 0 spiro atoms. The van der Waals surface area contributed by atoms with E-state index < -0.39 is 24.6 Å². The third kappa shape index (κ3) is 5.33. The number of benzene rings is 1. The Kier molecular flexibility index (Phi) is 6.78. The van der Waals surface area contributed by atoms with Crippen LogP contribution in [0.3, 0.4) is 0 Å². The monoisotopic (exact) mass is 312 g/mol. The molecule has 4 N–H and O–H groups in total. The molecule has 2 atom stereocenters. The molecule has 7 heteroatoms. The van der Waals surface area contributed by atoms with Gasteiger partial charge in [0.2, 0.25) is 0 Å². The van der Waals surface area contributed by atoms with Gasteiger partial charge in [0.05, 0.1) is 12.0 Å². The molecule has 22 heavy (non-hydrogen) atoms. The van der Waals surface area contributed by atoms with Gasteiger partial charge < -0.3 is 20.7 Å². The fourth-order valence-electron chi connectivity index (χ4n) is 1.99. The Bertz CT molecular complexity index is 535. The lowest BCUT2D eigenvalue weighted by atomic mass is 9.91. The summed E-state index contributed by atoms with van der Waals surface area (Å²) in [6, 6.07) is 3.57. The predicted octanol–water partition coefficient (Wildman–Crippen LogP) is 1.29. The summed E-state index contributed by atoms with van der Waals surface area (Å²) in [5, 5.41) is 19.0. The minimum absolute atomic E-state index is 0.0194. The standard InChI is InChI=1S/C15H20FNO5/c1-9(18)12(17)8-11(15(20)21)6-10-2-3-14(13(19)7-10)22-5-4-16/h2-3,7,11-12,19H,4-6,8,17H2,1H3,(H,20,21)/t11-,12-/m0/s1/i16-1. The SMILES string of the molecule is CC(=O)[C@@H](N)C[C@H](Cc1ccc(OCC[18F])c(O)c1)C(=O)O. The topological polar surface area (TPSA) is 110 Å². The van der Waals surface area contributed by atoms with E-state index in [9.17, 15) is 24.2 Å². The lowest BCUT2D eigenvalue weighted by Crippen LogP contribution is -2.33. The molecule has 122 valence electrons. The number of alkyl halides is 1. The number of phenolic OH excluding ortho intramolecular Hbond substituents is 1. The number of halogens is 1. The third-order valence-corrected chi connectivity index (χ3v) is 3.25. The van der Waals surface area contributed by atoms with E-state index in [2.05, 4.69) is 0 Å². The number of hydrogen-bond acceptors (Lipinski definition) is 5. The fourth-order valence-corrected chi connectivity index (χ4v) is 1.99. The highest BCUT2D eigenvalue weighted by atomic mass is 18.2. The smallest absolute Gasteiger partial charge is 0.306 e. The van der Waals surface area contributed by atoms with E-state index in [-0.39, 0.29) is 36.7 Å². The second-order valence-electron chi connectivity index (χ2n) is 5.03. The number of nitrogens with two attached hydrogens (primary N) is 1. The molecule has 1 rings (SSSR count). The van der Waals surface area contributed by atoms with E-state index in [4.69, 9.17) is 10.5 Å². The maximum atomic E-state index is 12.0. The molecule has 1 aromatic rings. The van der Waals surface area contributed by atoms with Gasteiger partial charge >= 0.3 is 5.97 Å². The van der Waals surface area contributed by atoms with Gasteiger partial charge in [-0.25, -0.2) is 4.39 Å². The summed E-state index contributed by atoms with van der Waals surface area (Å²) >= 11 is 0. The summed E-state index contributed by atoms with van der Waals surface area (Å²) in [5.41, 5.74) is 6.16. The molecular formula is C15H20FNO5. The summed E-state index contributed by atoms with van der Waals surface area (Å²) in [6.07, 6.45) is 0.138. The minimum atomic E-state index is -1.06. The quantitative estimate of drug-likeness (QED) is 0.634. The van der Waals surface area contributed by atoms with Crippen molar-refractivity contribution in [3.8, 4) is 11.5 Å². The highest BCUT2D eigenvalue weighted by molar-refractivity contribution is 5.82. The first kappa shape index (κ1) is 17.9. The number of carbonyl (C=O) groups is 2. The number of carbonyl (C=O) groups excluding carboxylic acids is 1. The van der Waals surface area contributed by atoms with Gasteiger partial charge in [0.25, 0.3) is 0 Å². The molecule has 0 fully saturated rings. The lowest BCUT2D eigenvalue weighted by Gasteiger charge is -2.16. The molecule has 0 saturated heterocycles. The van der Waals surface area contributed by atoms with Gasteiger partial charge in [0.15, 0.2) is 11.5 Å². The van der Waals surface area contributed by atoms with Crippen molar-refractivity contribution in [3.63, 3.8) is 0 Å². The summed E-state index contributed by atoms with van der Waals surface area (Å²) in [5.74, 6) is -2.23. The predicted molar refractivity (Wildman–Crippen MR) is 77.7 cm³/mol. The average molecular weight is 312 g/mol. The van der Waals surface area contributed by atoms with Crippen LogP contribution in [0.2, 0.25) is 0 Å². The normalized spacial score (nSPS) is 13.4. The number of ether oxygens (including phenoxy) is 1. The van der Waals surface area contributed by atoms with E-state index in [0.29, 0.717) is 5.56 Å². The van der Waals surface area contributed by atoms with E-state index in [1.165, 1.54) is 19.1 Å². The maximum Gasteiger partial charge on any atom is 0.306 e. The second kappa shape index (κ2) is 8.33. The van der Waals surface area contributed by atoms with Crippen LogP contribution in [0.5, 0.6) is 11.5 Å². The summed E-state index contributed by atoms with van der Waals surface area (Å²) in [4.78, 5) is 22.4. The molecule has 0 heterocycles. The molecular weight excluding hydrogens is 292 g/mol. The Labute approximate surface area is 127 Å². The summed E-state index contributed by atoms with van der Waals surface area (Å²) < 4.78 is 17.0. The average Bonchev–Trinajstić information content (AvgIpc) is 2.45. The Balaban J connectivity index is 2.79. The van der Waals surface area contributed by atoms with Gasteiger partial charge in [-0.2, -0.15) is 0 Å². The van der Waals surface area contributed by atoms with Crippen molar-refractivity contribution < 1.29 is 28.9 Å². The Morgan fingerprint density at radius 1 is 1.41 bits per heavy atom. The van der Waals surface area contributed by atoms with Gasteiger partial charge in [-0.3, -0.25) is 9.59 Å². The van der Waals surface area contributed by atoms with Gasteiger partial charge in [-0.05, 0) is 37.5 Å². The van der Waals surface area contributed by atoms with Crippen molar-refractivity contribution in [1.82, 2.24) is 0 Å². The van der Waals surface area contributed by atoms with Crippen molar-refractivity contribution in [2.75, 3.05) is 13.3 Å². The fraction of sp³-hybridized carbons (Fsp3) is 0.467. The van der Waals surface area contributed by atoms with Gasteiger partial charge in [-0.1, -0.05) is 6.07 Å². The first-order valence-corrected chi connectivity index (χ1v) is 6.84. The van der Waals surface area contributed by atoms with Crippen molar-refractivity contribution in [1.29, 1.82) is 0 Å². The van der Waals surface area contributed by atoms with E-state index in [1.807, 2.05) is 0 Å². The first-order chi connectivity index (χ1) is 10.3. The highest BCUT2D eigenvalue weighted by Crippen LogP contribution is 2.28. The van der Waals surface area contributed by atoms with Crippen LogP contribution in [-0.2, 0) is 16.0 Å². The van der Waals surface area contributed by atoms with Crippen LogP contribution in [0.25, 0.3) is 0 Å². The van der Waals surface area contributed by atoms with E-state index in [0.717, 1.165) is 0 Å². The van der Waals surface area contributed by atoms with Crippen molar-refractivity contribution in [2.24, 2.45) is 11.7 Å². The lowest BCUT2D eigenvalue weighted by molar-refractivity contribution is -0.142. The number of carboxylic acid groups (broad SMARTS) is 1. The van der Waals surface area contributed by atoms with Gasteiger partial charge in [0, 0.05) is 0 Å². The second-order valence-corrected chi connectivity index (χ2v) is 5.03. The Morgan fingerprint density at radius 3 is 2.59 bits per heavy atom. The van der Waals surface area contributed by atoms with Crippen LogP contribution >= 0.6 is 0 Å². The largest absolute Gasteiger partial charge is 0.504 e. The number of ketones is 1. The molecule has 0 bridgehead atoms. The van der Waals surface area contributed by atoms with Crippen molar-refractivity contribution in [3.05, 3.63) is 23.8 Å². The number of aromatic hydroxyl groups is 1. The molecule has 0 radical (unpaired) electrons. The number of carboxylic acids is 1. The van der Waals surface area contributed by atoms with Crippen LogP contribution in [0.15, 0.2) is 18.2 Å². The zero-order valence-corrected chi connectivity index (χ0v) is 12.3. The molecule has 0 aliphatic carbocycles. The van der Waals surface area contributed by atoms with E-state index >= 15 is 0 Å². The molecule has 6 nitrogen and oxygen atoms in total. The zero-order chi connectivity index (χ0) is 16.7. The number of phenols is 1.